The van der Waals surface area contributed by atoms with Crippen molar-refractivity contribution >= 4 is 34.5 Å². The van der Waals surface area contributed by atoms with Crippen LogP contribution < -0.4 is 4.98 Å². The van der Waals surface area contributed by atoms with Gasteiger partial charge >= 0.3 is 5.97 Å². The fourth-order valence-corrected chi connectivity index (χ4v) is 3.19. The predicted octanol–water partition coefficient (Wildman–Crippen LogP) is 2.80. The van der Waals surface area contributed by atoms with Crippen molar-refractivity contribution in [1.29, 1.82) is 0 Å². The number of nitrogens with zero attached hydrogens (tertiary/aromatic N) is 6. The Kier molecular flexibility index (Phi) is 4.87. The van der Waals surface area contributed by atoms with Gasteiger partial charge in [0.1, 0.15) is 0 Å². The van der Waals surface area contributed by atoms with Gasteiger partial charge in [0.05, 0.1) is 21.7 Å². The highest BCUT2D eigenvalue weighted by atomic mass is 32.2. The lowest BCUT2D eigenvalue weighted by Gasteiger charge is -2.08. The Morgan fingerprint density at radius 3 is 2.55 bits per heavy atom. The van der Waals surface area contributed by atoms with Crippen LogP contribution in [-0.2, 0) is 4.79 Å². The van der Waals surface area contributed by atoms with Gasteiger partial charge in [-0.1, -0.05) is 6.07 Å². The summed E-state index contributed by atoms with van der Waals surface area (Å²) in [5.74, 6) is -1.02. The number of fused-ring (bicyclic) bond motifs is 1. The van der Waals surface area contributed by atoms with Crippen molar-refractivity contribution in [2.45, 2.75) is 5.16 Å². The fraction of sp³-hybridized carbons (Fsp3) is 0.0556. The van der Waals surface area contributed by atoms with E-state index in [1.165, 1.54) is 12.1 Å². The van der Waals surface area contributed by atoms with E-state index in [0.29, 0.717) is 22.2 Å². The van der Waals surface area contributed by atoms with Gasteiger partial charge in [-0.05, 0) is 34.9 Å². The summed E-state index contributed by atoms with van der Waals surface area (Å²) in [7, 11) is 0. The maximum atomic E-state index is 11.4. The molecule has 4 rings (SSSR count). The first-order chi connectivity index (χ1) is 14.0. The van der Waals surface area contributed by atoms with E-state index in [4.69, 9.17) is 5.11 Å². The molecule has 2 aromatic heterocycles. The van der Waals surface area contributed by atoms with Crippen molar-refractivity contribution in [2.24, 2.45) is 0 Å². The van der Waals surface area contributed by atoms with Crippen LogP contribution in [0.5, 0.6) is 0 Å². The third-order valence-corrected chi connectivity index (χ3v) is 4.77. The monoisotopic (exact) mass is 407 g/mol. The molecule has 2 aromatic carbocycles. The number of thioether (sulfide) groups is 1. The third kappa shape index (κ3) is 4.04. The van der Waals surface area contributed by atoms with E-state index in [1.54, 1.807) is 36.7 Å². The second kappa shape index (κ2) is 7.64. The molecule has 0 atom stereocenters. The number of hydrogen-bond donors (Lipinski definition) is 1. The molecule has 0 unspecified atom stereocenters. The van der Waals surface area contributed by atoms with E-state index in [0.717, 1.165) is 17.3 Å². The lowest BCUT2D eigenvalue weighted by atomic mass is 10.0. The van der Waals surface area contributed by atoms with Crippen molar-refractivity contribution in [3.8, 4) is 22.5 Å². The number of non-ortho nitro benzene ring substituents is 1. The van der Waals surface area contributed by atoms with E-state index in [9.17, 15) is 14.9 Å². The number of benzene rings is 2. The summed E-state index contributed by atoms with van der Waals surface area (Å²) >= 11 is 0.923. The standard InChI is InChI=1S/C18H12N6O4S/c25-16(26)9-29-18-21-17(22-23-18)12-5-11(6-13(7-12)24(27)28)10-1-2-14-15(8-10)20-4-3-19-14/h1-8H,9H2,(H2,21,22,23,25,26)/p-1. The molecule has 11 heteroatoms. The maximum Gasteiger partial charge on any atom is 0.313 e. The van der Waals surface area contributed by atoms with Gasteiger partial charge in [0.2, 0.25) is 0 Å². The summed E-state index contributed by atoms with van der Waals surface area (Å²) < 4.78 is 0. The lowest BCUT2D eigenvalue weighted by molar-refractivity contribution is -0.384. The molecule has 0 saturated carbocycles. The number of hydrogen-bond acceptors (Lipinski definition) is 8. The Morgan fingerprint density at radius 2 is 1.79 bits per heavy atom. The summed E-state index contributed by atoms with van der Waals surface area (Å²) in [5, 5.41) is 28.1. The minimum Gasteiger partial charge on any atom is -0.481 e. The quantitative estimate of drug-likeness (QED) is 0.287. The van der Waals surface area contributed by atoms with Gasteiger partial charge in [0, 0.05) is 35.5 Å². The van der Waals surface area contributed by atoms with Crippen LogP contribution in [-0.4, -0.2) is 41.9 Å². The molecule has 4 aromatic rings. The topological polar surface area (TPSA) is 146 Å². The van der Waals surface area contributed by atoms with Crippen LogP contribution in [0.1, 0.15) is 0 Å². The minimum absolute atomic E-state index is 0.124. The van der Waals surface area contributed by atoms with Crippen LogP contribution in [0.4, 0.5) is 5.69 Å². The highest BCUT2D eigenvalue weighted by Crippen LogP contribution is 2.31. The molecule has 1 N–H and O–H groups in total. The SMILES string of the molecule is O=C(O)CSc1nnc(-c2cc(-c3ccc4nccnc4c3)cc([N+](=O)[O-])c2)[n-]1. The molecule has 0 aliphatic carbocycles. The summed E-state index contributed by atoms with van der Waals surface area (Å²) in [6, 6.07) is 9.91. The number of nitro groups is 1. The van der Waals surface area contributed by atoms with Crippen molar-refractivity contribution in [3.63, 3.8) is 0 Å². The lowest BCUT2D eigenvalue weighted by Crippen LogP contribution is -1.98. The number of carboxylic acids is 1. The zero-order valence-corrected chi connectivity index (χ0v) is 15.4. The number of carbonyl (C=O) groups is 1. The average Bonchev–Trinajstić information content (AvgIpc) is 3.20. The third-order valence-electron chi connectivity index (χ3n) is 3.95. The number of aromatic nitrogens is 5. The molecule has 0 fully saturated rings. The zero-order valence-electron chi connectivity index (χ0n) is 14.6. The zero-order chi connectivity index (χ0) is 20.4. The minimum atomic E-state index is -1.00. The summed E-state index contributed by atoms with van der Waals surface area (Å²) in [6.45, 7) is 0. The molecule has 29 heavy (non-hydrogen) atoms. The normalized spacial score (nSPS) is 10.9. The largest absolute Gasteiger partial charge is 0.481 e. The highest BCUT2D eigenvalue weighted by molar-refractivity contribution is 7.99. The van der Waals surface area contributed by atoms with E-state index in [2.05, 4.69) is 25.1 Å². The Morgan fingerprint density at radius 1 is 1.03 bits per heavy atom. The molecule has 0 amide bonds. The van der Waals surface area contributed by atoms with Gasteiger partial charge in [0.15, 0.2) is 0 Å². The molecule has 0 aliphatic rings. The molecule has 0 aliphatic heterocycles. The van der Waals surface area contributed by atoms with Crippen molar-refractivity contribution < 1.29 is 14.8 Å². The molecule has 0 bridgehead atoms. The van der Waals surface area contributed by atoms with Gasteiger partial charge in [-0.2, -0.15) is 0 Å². The average molecular weight is 407 g/mol. The first-order valence-corrected chi connectivity index (χ1v) is 9.21. The Labute approximate surface area is 167 Å². The predicted molar refractivity (Wildman–Crippen MR) is 104 cm³/mol. The van der Waals surface area contributed by atoms with E-state index < -0.39 is 10.9 Å². The number of carboxylic acid groups (broad SMARTS) is 1. The molecular weight excluding hydrogens is 396 g/mol. The molecule has 0 radical (unpaired) electrons. The first-order valence-electron chi connectivity index (χ1n) is 8.22. The van der Waals surface area contributed by atoms with Gasteiger partial charge in [-0.3, -0.25) is 24.9 Å². The molecule has 0 saturated heterocycles. The Hall–Kier alpha value is -3.86. The van der Waals surface area contributed by atoms with Crippen LogP contribution in [0.25, 0.3) is 33.5 Å². The van der Waals surface area contributed by atoms with Crippen LogP contribution in [0.15, 0.2) is 53.9 Å². The van der Waals surface area contributed by atoms with Crippen LogP contribution >= 0.6 is 11.8 Å². The van der Waals surface area contributed by atoms with E-state index >= 15 is 0 Å². The van der Waals surface area contributed by atoms with E-state index in [1.807, 2.05) is 0 Å². The van der Waals surface area contributed by atoms with Crippen molar-refractivity contribution in [1.82, 2.24) is 25.1 Å². The second-order valence-electron chi connectivity index (χ2n) is 5.89. The van der Waals surface area contributed by atoms with Crippen molar-refractivity contribution in [2.75, 3.05) is 5.75 Å². The molecule has 2 heterocycles. The summed E-state index contributed by atoms with van der Waals surface area (Å²) in [6.07, 6.45) is 3.16. The molecule has 0 spiro atoms. The molecular formula is C18H11N6O4S-. The molecule has 144 valence electrons. The first kappa shape index (κ1) is 18.5. The smallest absolute Gasteiger partial charge is 0.313 e. The van der Waals surface area contributed by atoms with Gasteiger partial charge < -0.3 is 20.3 Å². The van der Waals surface area contributed by atoms with E-state index in [-0.39, 0.29) is 22.4 Å². The van der Waals surface area contributed by atoms with Gasteiger partial charge in [-0.15, -0.1) is 11.8 Å². The maximum absolute atomic E-state index is 11.4. The number of aliphatic carboxylic acids is 1. The Bertz CT molecular complexity index is 1240. The van der Waals surface area contributed by atoms with Crippen molar-refractivity contribution in [3.05, 3.63) is 58.9 Å². The number of nitro benzene ring substituents is 1. The highest BCUT2D eigenvalue weighted by Gasteiger charge is 2.13. The van der Waals surface area contributed by atoms with Crippen LogP contribution in [0.3, 0.4) is 0 Å². The number of rotatable bonds is 6. The summed E-state index contributed by atoms with van der Waals surface area (Å²) in [5.41, 5.74) is 2.97. The Balaban J connectivity index is 1.76. The second-order valence-corrected chi connectivity index (χ2v) is 6.83. The fourth-order valence-electron chi connectivity index (χ4n) is 2.69. The van der Waals surface area contributed by atoms with Gasteiger partial charge in [-0.25, -0.2) is 0 Å². The van der Waals surface area contributed by atoms with Crippen LogP contribution in [0, 0.1) is 10.1 Å². The van der Waals surface area contributed by atoms with Crippen LogP contribution in [0.2, 0.25) is 0 Å². The molecule has 10 nitrogen and oxygen atoms in total. The van der Waals surface area contributed by atoms with Gasteiger partial charge in [0.25, 0.3) is 5.69 Å². The summed E-state index contributed by atoms with van der Waals surface area (Å²) in [4.78, 5) is 34.3.